The fourth-order valence-corrected chi connectivity index (χ4v) is 9.39. The van der Waals surface area contributed by atoms with Gasteiger partial charge in [-0.3, -0.25) is 9.35 Å². The maximum Gasteiger partial charge on any atom is 0.397 e. The third-order valence-electron chi connectivity index (χ3n) is 13.2. The Hall–Kier alpha value is -1.68. The lowest BCUT2D eigenvalue weighted by Crippen LogP contribution is -2.60. The lowest BCUT2D eigenvalue weighted by molar-refractivity contribution is -0.301. The number of carbonyl (C=O) groups excluding carboxylic acids is 1. The summed E-state index contributed by atoms with van der Waals surface area (Å²) in [5.41, 5.74) is 0. The van der Waals surface area contributed by atoms with Gasteiger partial charge in [0.05, 0.1) is 19.8 Å². The van der Waals surface area contributed by atoms with Crippen LogP contribution < -0.4 is 0 Å². The molecule has 12 nitrogen and oxygen atoms in total. The summed E-state index contributed by atoms with van der Waals surface area (Å²) < 4.78 is 59.4. The first-order valence-corrected chi connectivity index (χ1v) is 30.1. The molecule has 0 bridgehead atoms. The Labute approximate surface area is 428 Å². The van der Waals surface area contributed by atoms with Crippen LogP contribution >= 0.6 is 0 Å². The third kappa shape index (κ3) is 40.8. The molecule has 1 fully saturated rings. The van der Waals surface area contributed by atoms with Crippen molar-refractivity contribution in [2.75, 3.05) is 26.4 Å². The number of esters is 1. The predicted octanol–water partition coefficient (Wildman–Crippen LogP) is 14.1. The quantitative estimate of drug-likeness (QED) is 0.0196. The van der Waals surface area contributed by atoms with Gasteiger partial charge in [-0.25, -0.2) is 4.18 Å². The van der Waals surface area contributed by atoms with E-state index in [4.69, 9.17) is 18.9 Å². The SMILES string of the molecule is CCCCCCC/C=C\C/C=C\CCCCCCCCCCCC(=O)OC(COCCCCCCCCCCCC/C=C\CCCCCCCCCC)COC1OC(CO)C(O)C(OS(=O)(=O)O)C1O. The van der Waals surface area contributed by atoms with Crippen molar-refractivity contribution in [3.05, 3.63) is 36.5 Å². The molecule has 0 saturated carbocycles. The monoisotopic (exact) mass is 1010 g/mol. The number of rotatable bonds is 51. The van der Waals surface area contributed by atoms with Crippen LogP contribution in [0.4, 0.5) is 0 Å². The van der Waals surface area contributed by atoms with E-state index >= 15 is 0 Å². The number of carbonyl (C=O) groups is 1. The van der Waals surface area contributed by atoms with E-state index in [1.165, 1.54) is 180 Å². The zero-order valence-electron chi connectivity index (χ0n) is 44.6. The molecule has 0 aromatic rings. The van der Waals surface area contributed by atoms with Crippen molar-refractivity contribution < 1.29 is 56.2 Å². The molecular formula is C57H106O12S. The Morgan fingerprint density at radius 1 is 0.543 bits per heavy atom. The van der Waals surface area contributed by atoms with E-state index in [-0.39, 0.29) is 19.6 Å². The van der Waals surface area contributed by atoms with Gasteiger partial charge in [0.15, 0.2) is 6.29 Å². The van der Waals surface area contributed by atoms with Crippen LogP contribution in [-0.2, 0) is 38.3 Å². The predicted molar refractivity (Wildman–Crippen MR) is 285 cm³/mol. The standard InChI is InChI=1S/C57H106O12S/c1-3-5-7-9-11-13-15-17-19-21-23-25-27-29-31-33-35-37-39-41-43-45-47-65-49-51(50-66-57-55(61)56(69-70(62,63)64)54(60)52(48-58)68-57)67-53(59)46-44-42-40-38-36-34-32-30-28-26-24-22-20-18-16-14-12-10-8-6-4-2/h16,18,21-24,51-52,54-58,60-61H,3-15,17,19-20,25-50H2,1-2H3,(H,62,63,64)/b18-16-,23-21-,24-22-. The molecule has 0 aliphatic carbocycles. The highest BCUT2D eigenvalue weighted by atomic mass is 32.3. The summed E-state index contributed by atoms with van der Waals surface area (Å²) in [5, 5.41) is 30.8. The molecule has 1 saturated heterocycles. The first-order valence-electron chi connectivity index (χ1n) is 28.7. The van der Waals surface area contributed by atoms with Gasteiger partial charge < -0.3 is 34.3 Å². The molecule has 0 amide bonds. The number of aliphatic hydroxyl groups excluding tert-OH is 3. The smallest absolute Gasteiger partial charge is 0.397 e. The van der Waals surface area contributed by atoms with Gasteiger partial charge in [0, 0.05) is 13.0 Å². The summed E-state index contributed by atoms with van der Waals surface area (Å²) in [7, 11) is -5.07. The van der Waals surface area contributed by atoms with E-state index in [1.54, 1.807) is 0 Å². The van der Waals surface area contributed by atoms with Crippen molar-refractivity contribution in [2.24, 2.45) is 0 Å². The summed E-state index contributed by atoms with van der Waals surface area (Å²) in [6.07, 6.45) is 50.3. The van der Waals surface area contributed by atoms with Gasteiger partial charge in [0.1, 0.15) is 30.5 Å². The number of hydrogen-bond acceptors (Lipinski definition) is 11. The van der Waals surface area contributed by atoms with Crippen LogP contribution in [0.5, 0.6) is 0 Å². The Morgan fingerprint density at radius 3 is 1.37 bits per heavy atom. The second-order valence-corrected chi connectivity index (χ2v) is 20.9. The highest BCUT2D eigenvalue weighted by Gasteiger charge is 2.48. The van der Waals surface area contributed by atoms with Gasteiger partial charge in [0.2, 0.25) is 0 Å². The van der Waals surface area contributed by atoms with Crippen molar-refractivity contribution in [3.8, 4) is 0 Å². The molecule has 412 valence electrons. The fourth-order valence-electron chi connectivity index (χ4n) is 8.88. The van der Waals surface area contributed by atoms with Gasteiger partial charge in [-0.05, 0) is 70.6 Å². The third-order valence-corrected chi connectivity index (χ3v) is 13.7. The maximum atomic E-state index is 13.0. The highest BCUT2D eigenvalue weighted by molar-refractivity contribution is 7.80. The number of allylic oxidation sites excluding steroid dienone is 6. The molecule has 0 aromatic heterocycles. The van der Waals surface area contributed by atoms with Gasteiger partial charge in [-0.1, -0.05) is 217 Å². The summed E-state index contributed by atoms with van der Waals surface area (Å²) in [5.74, 6) is -0.400. The molecule has 1 heterocycles. The average Bonchev–Trinajstić information content (AvgIpc) is 3.34. The second-order valence-electron chi connectivity index (χ2n) is 19.9. The minimum absolute atomic E-state index is 0.0353. The van der Waals surface area contributed by atoms with Crippen LogP contribution in [0.1, 0.15) is 258 Å². The molecule has 0 radical (unpaired) electrons. The van der Waals surface area contributed by atoms with E-state index in [1.807, 2.05) is 0 Å². The highest BCUT2D eigenvalue weighted by Crippen LogP contribution is 2.26. The fraction of sp³-hybridized carbons (Fsp3) is 0.877. The molecule has 70 heavy (non-hydrogen) atoms. The van der Waals surface area contributed by atoms with Crippen LogP contribution in [0, 0.1) is 0 Å². The lowest BCUT2D eigenvalue weighted by Gasteiger charge is -2.41. The van der Waals surface area contributed by atoms with E-state index < -0.39 is 59.8 Å². The topological polar surface area (TPSA) is 178 Å². The molecule has 1 rings (SSSR count). The van der Waals surface area contributed by atoms with Crippen molar-refractivity contribution >= 4 is 16.4 Å². The zero-order chi connectivity index (χ0) is 51.0. The molecule has 1 aliphatic rings. The lowest BCUT2D eigenvalue weighted by atomic mass is 9.99. The molecular weight excluding hydrogens is 909 g/mol. The molecule has 4 N–H and O–H groups in total. The van der Waals surface area contributed by atoms with E-state index in [9.17, 15) is 33.1 Å². The molecule has 1 aliphatic heterocycles. The first-order chi connectivity index (χ1) is 34.1. The second kappa shape index (κ2) is 48.3. The number of unbranched alkanes of at least 4 members (excludes halogenated alkanes) is 32. The van der Waals surface area contributed by atoms with Gasteiger partial charge in [0.25, 0.3) is 0 Å². The molecule has 6 atom stereocenters. The Bertz CT molecular complexity index is 1360. The van der Waals surface area contributed by atoms with E-state index in [2.05, 4.69) is 54.5 Å². The van der Waals surface area contributed by atoms with Gasteiger partial charge in [-0.15, -0.1) is 0 Å². The Morgan fingerprint density at radius 2 is 0.943 bits per heavy atom. The Kier molecular flexibility index (Phi) is 45.7. The molecule has 13 heteroatoms. The van der Waals surface area contributed by atoms with E-state index in [0.717, 1.165) is 51.4 Å². The molecule has 6 unspecified atom stereocenters. The average molecular weight is 1020 g/mol. The van der Waals surface area contributed by atoms with Crippen molar-refractivity contribution in [1.82, 2.24) is 0 Å². The normalized spacial score (nSPS) is 19.3. The van der Waals surface area contributed by atoms with Crippen LogP contribution in [-0.4, -0.2) is 97.5 Å². The summed E-state index contributed by atoms with van der Waals surface area (Å²) >= 11 is 0. The summed E-state index contributed by atoms with van der Waals surface area (Å²) in [6.45, 7) is 4.02. The first kappa shape index (κ1) is 66.3. The van der Waals surface area contributed by atoms with Gasteiger partial charge >= 0.3 is 16.4 Å². The van der Waals surface area contributed by atoms with E-state index in [0.29, 0.717) is 13.0 Å². The summed E-state index contributed by atoms with van der Waals surface area (Å²) in [6, 6.07) is 0. The molecule has 0 aromatic carbocycles. The van der Waals surface area contributed by atoms with Gasteiger partial charge in [-0.2, -0.15) is 8.42 Å². The largest absolute Gasteiger partial charge is 0.457 e. The molecule has 0 spiro atoms. The van der Waals surface area contributed by atoms with Crippen LogP contribution in [0.3, 0.4) is 0 Å². The van der Waals surface area contributed by atoms with Crippen LogP contribution in [0.25, 0.3) is 0 Å². The van der Waals surface area contributed by atoms with Crippen LogP contribution in [0.15, 0.2) is 36.5 Å². The minimum atomic E-state index is -5.07. The maximum absolute atomic E-state index is 13.0. The van der Waals surface area contributed by atoms with Crippen LogP contribution in [0.2, 0.25) is 0 Å². The minimum Gasteiger partial charge on any atom is -0.457 e. The zero-order valence-corrected chi connectivity index (χ0v) is 45.4. The Balaban J connectivity index is 2.31. The number of aliphatic hydroxyl groups is 3. The number of ether oxygens (including phenoxy) is 4. The summed E-state index contributed by atoms with van der Waals surface area (Å²) in [4.78, 5) is 13.0. The van der Waals surface area contributed by atoms with Crippen molar-refractivity contribution in [2.45, 2.75) is 295 Å². The van der Waals surface area contributed by atoms with Crippen molar-refractivity contribution in [1.29, 1.82) is 0 Å². The van der Waals surface area contributed by atoms with Crippen molar-refractivity contribution in [3.63, 3.8) is 0 Å². The number of hydrogen-bond donors (Lipinski definition) is 4.